The molecule has 0 N–H and O–H groups in total. The number of alkyl halides is 6. The summed E-state index contributed by atoms with van der Waals surface area (Å²) < 4.78 is 167. The summed E-state index contributed by atoms with van der Waals surface area (Å²) in [5.41, 5.74) is -7.58. The van der Waals surface area contributed by atoms with Crippen LogP contribution in [-0.2, 0) is 35.3 Å². The molecule has 2 aromatic rings. The molecule has 210 valence electrons. The van der Waals surface area contributed by atoms with Gasteiger partial charge in [-0.25, -0.2) is 25.6 Å². The van der Waals surface area contributed by atoms with Crippen LogP contribution in [0, 0.1) is 17.6 Å². The van der Waals surface area contributed by atoms with Crippen LogP contribution in [0.15, 0.2) is 41.3 Å². The van der Waals surface area contributed by atoms with E-state index in [0.29, 0.717) is 36.4 Å². The maximum absolute atomic E-state index is 15.2. The number of benzene rings is 2. The lowest BCUT2D eigenvalue weighted by Crippen LogP contribution is -2.57. The van der Waals surface area contributed by atoms with Gasteiger partial charge in [0.1, 0.15) is 10.6 Å². The first kappa shape index (κ1) is 28.5. The Balaban J connectivity index is 1.88. The lowest BCUT2D eigenvalue weighted by Gasteiger charge is -2.50. The minimum absolute atomic E-state index is 0.480. The van der Waals surface area contributed by atoms with E-state index in [1.54, 1.807) is 0 Å². The van der Waals surface area contributed by atoms with Gasteiger partial charge in [0.15, 0.2) is 21.4 Å². The fourth-order valence-corrected chi connectivity index (χ4v) is 8.05. The van der Waals surface area contributed by atoms with Crippen molar-refractivity contribution in [3.63, 3.8) is 0 Å². The standard InChI is InChI=1S/C22H18F8O6S2/c23-15-5-6-16(24)19-18(15)20(38(33,34)13-3-1-12(2-4-13)21(25,26)27)8-9-35-17(14(20)11-36-19)7-10-37(31,32)22(28,29)30/h1-6,14,17H,7-11H2/t14-,17-,20-/m0/s1. The van der Waals surface area contributed by atoms with Gasteiger partial charge in [-0.3, -0.25) is 0 Å². The fourth-order valence-electron chi connectivity index (χ4n) is 4.93. The first-order valence-corrected chi connectivity index (χ1v) is 14.0. The summed E-state index contributed by atoms with van der Waals surface area (Å²) in [4.78, 5) is -0.699. The third-order valence-electron chi connectivity index (χ3n) is 6.74. The SMILES string of the molecule is O=S(=O)(CC[C@@H]1OCC[C@@]2(S(=O)(=O)c3ccc(C(F)(F)F)cc3)c3c(F)ccc(F)c3OC[C@@H]12)C(F)(F)F. The zero-order chi connectivity index (χ0) is 28.3. The van der Waals surface area contributed by atoms with E-state index in [-0.39, 0.29) is 0 Å². The Kier molecular flexibility index (Phi) is 7.01. The van der Waals surface area contributed by atoms with E-state index in [2.05, 4.69) is 0 Å². The predicted octanol–water partition coefficient (Wildman–Crippen LogP) is 4.78. The molecule has 2 heterocycles. The van der Waals surface area contributed by atoms with Crippen molar-refractivity contribution in [2.45, 2.75) is 40.3 Å². The van der Waals surface area contributed by atoms with Crippen molar-refractivity contribution in [1.82, 2.24) is 0 Å². The molecule has 3 atom stereocenters. The van der Waals surface area contributed by atoms with Crippen molar-refractivity contribution in [3.05, 3.63) is 59.2 Å². The summed E-state index contributed by atoms with van der Waals surface area (Å²) in [5.74, 6) is -6.21. The molecular formula is C22H18F8O6S2. The number of hydrogen-bond acceptors (Lipinski definition) is 6. The first-order valence-electron chi connectivity index (χ1n) is 10.9. The quantitative estimate of drug-likeness (QED) is 0.464. The third kappa shape index (κ3) is 4.53. The van der Waals surface area contributed by atoms with E-state index >= 15 is 4.39 Å². The zero-order valence-electron chi connectivity index (χ0n) is 18.9. The summed E-state index contributed by atoms with van der Waals surface area (Å²) in [5, 5.41) is 0. The van der Waals surface area contributed by atoms with Crippen LogP contribution in [0.3, 0.4) is 0 Å². The Morgan fingerprint density at radius 3 is 2.08 bits per heavy atom. The van der Waals surface area contributed by atoms with Gasteiger partial charge >= 0.3 is 11.7 Å². The molecule has 2 aromatic carbocycles. The molecule has 0 spiro atoms. The Morgan fingerprint density at radius 2 is 1.50 bits per heavy atom. The second-order valence-electron chi connectivity index (χ2n) is 8.78. The lowest BCUT2D eigenvalue weighted by molar-refractivity contribution is -0.137. The molecule has 0 aliphatic carbocycles. The fraction of sp³-hybridized carbons (Fsp3) is 0.455. The Hall–Kier alpha value is -2.46. The molecule has 38 heavy (non-hydrogen) atoms. The van der Waals surface area contributed by atoms with Crippen molar-refractivity contribution in [2.24, 2.45) is 5.92 Å². The molecule has 1 fully saturated rings. The molecule has 4 rings (SSSR count). The molecule has 0 amide bonds. The maximum atomic E-state index is 15.2. The van der Waals surface area contributed by atoms with Crippen molar-refractivity contribution in [2.75, 3.05) is 19.0 Å². The van der Waals surface area contributed by atoms with Gasteiger partial charge in [-0.15, -0.1) is 0 Å². The molecule has 2 aliphatic rings. The highest BCUT2D eigenvalue weighted by Crippen LogP contribution is 2.56. The van der Waals surface area contributed by atoms with Crippen LogP contribution in [0.25, 0.3) is 0 Å². The molecule has 0 bridgehead atoms. The second-order valence-corrected chi connectivity index (χ2v) is 13.1. The summed E-state index contributed by atoms with van der Waals surface area (Å²) in [6, 6.07) is 3.51. The van der Waals surface area contributed by atoms with Crippen LogP contribution >= 0.6 is 0 Å². The van der Waals surface area contributed by atoms with Gasteiger partial charge in [0.25, 0.3) is 0 Å². The molecule has 0 radical (unpaired) electrons. The Morgan fingerprint density at radius 1 is 0.895 bits per heavy atom. The Bertz CT molecular complexity index is 1440. The predicted molar refractivity (Wildman–Crippen MR) is 114 cm³/mol. The topological polar surface area (TPSA) is 86.7 Å². The average molecular weight is 594 g/mol. The van der Waals surface area contributed by atoms with Crippen LogP contribution in [0.5, 0.6) is 5.75 Å². The minimum Gasteiger partial charge on any atom is -0.490 e. The normalized spacial score (nSPS) is 24.3. The highest BCUT2D eigenvalue weighted by molar-refractivity contribution is 7.92. The van der Waals surface area contributed by atoms with Crippen molar-refractivity contribution in [3.8, 4) is 5.75 Å². The maximum Gasteiger partial charge on any atom is 0.497 e. The smallest absolute Gasteiger partial charge is 0.490 e. The molecule has 1 saturated heterocycles. The van der Waals surface area contributed by atoms with Crippen LogP contribution in [0.1, 0.15) is 24.0 Å². The van der Waals surface area contributed by atoms with E-state index in [4.69, 9.17) is 9.47 Å². The number of sulfone groups is 2. The van der Waals surface area contributed by atoms with E-state index < -0.39 is 113 Å². The van der Waals surface area contributed by atoms with Gasteiger partial charge in [0.2, 0.25) is 9.84 Å². The van der Waals surface area contributed by atoms with Crippen LogP contribution in [0.4, 0.5) is 35.1 Å². The molecule has 6 nitrogen and oxygen atoms in total. The number of hydrogen-bond donors (Lipinski definition) is 0. The molecule has 2 aliphatic heterocycles. The van der Waals surface area contributed by atoms with E-state index in [1.165, 1.54) is 0 Å². The minimum atomic E-state index is -5.65. The van der Waals surface area contributed by atoms with Crippen LogP contribution < -0.4 is 4.74 Å². The van der Waals surface area contributed by atoms with Gasteiger partial charge in [0.05, 0.1) is 34.5 Å². The van der Waals surface area contributed by atoms with Gasteiger partial charge in [-0.2, -0.15) is 26.3 Å². The van der Waals surface area contributed by atoms with Gasteiger partial charge in [0, 0.05) is 12.5 Å². The van der Waals surface area contributed by atoms with Gasteiger partial charge in [-0.1, -0.05) is 0 Å². The largest absolute Gasteiger partial charge is 0.497 e. The van der Waals surface area contributed by atoms with Crippen molar-refractivity contribution < 1.29 is 61.4 Å². The Labute approximate surface area is 211 Å². The summed E-state index contributed by atoms with van der Waals surface area (Å²) in [6.07, 6.45) is -7.79. The van der Waals surface area contributed by atoms with Crippen LogP contribution in [-0.4, -0.2) is 47.4 Å². The van der Waals surface area contributed by atoms with E-state index in [0.717, 1.165) is 0 Å². The second kappa shape index (κ2) is 9.33. The number of ether oxygens (including phenoxy) is 2. The van der Waals surface area contributed by atoms with Crippen molar-refractivity contribution >= 4 is 19.7 Å². The highest BCUT2D eigenvalue weighted by atomic mass is 32.2. The van der Waals surface area contributed by atoms with Gasteiger partial charge < -0.3 is 9.47 Å². The molecular weight excluding hydrogens is 576 g/mol. The number of rotatable bonds is 5. The third-order valence-corrected chi connectivity index (χ3v) is 10.8. The molecule has 0 unspecified atom stereocenters. The number of halogens is 8. The van der Waals surface area contributed by atoms with Crippen molar-refractivity contribution in [1.29, 1.82) is 0 Å². The monoisotopic (exact) mass is 594 g/mol. The average Bonchev–Trinajstić information content (AvgIpc) is 2.83. The summed E-state index contributed by atoms with van der Waals surface area (Å²) in [6.45, 7) is -1.24. The molecule has 16 heteroatoms. The molecule has 0 aromatic heterocycles. The molecule has 0 saturated carbocycles. The van der Waals surface area contributed by atoms with E-state index in [9.17, 15) is 47.6 Å². The summed E-state index contributed by atoms with van der Waals surface area (Å²) in [7, 11) is -10.6. The number of fused-ring (bicyclic) bond motifs is 3. The van der Waals surface area contributed by atoms with E-state index in [1.807, 2.05) is 0 Å². The lowest BCUT2D eigenvalue weighted by atomic mass is 9.75. The summed E-state index contributed by atoms with van der Waals surface area (Å²) >= 11 is 0. The zero-order valence-corrected chi connectivity index (χ0v) is 20.6. The van der Waals surface area contributed by atoms with Crippen LogP contribution in [0.2, 0.25) is 0 Å². The first-order chi connectivity index (χ1) is 17.4. The van der Waals surface area contributed by atoms with Gasteiger partial charge in [-0.05, 0) is 49.2 Å². The highest BCUT2D eigenvalue weighted by Gasteiger charge is 2.62.